The monoisotopic (exact) mass is 385 g/mol. The molecule has 1 aromatic heterocycles. The van der Waals surface area contributed by atoms with E-state index in [9.17, 15) is 9.59 Å². The van der Waals surface area contributed by atoms with Gasteiger partial charge in [0, 0.05) is 55.6 Å². The molecule has 0 N–H and O–H groups in total. The van der Waals surface area contributed by atoms with E-state index in [1.54, 1.807) is 40.3 Å². The Hall–Kier alpha value is -2.40. The molecule has 1 unspecified atom stereocenters. The van der Waals surface area contributed by atoms with Crippen LogP contribution in [-0.4, -0.2) is 53.3 Å². The van der Waals surface area contributed by atoms with E-state index in [-0.39, 0.29) is 17.7 Å². The van der Waals surface area contributed by atoms with Gasteiger partial charge in [-0.1, -0.05) is 17.7 Å². The number of halogens is 1. The Labute approximate surface area is 164 Å². The molecular weight excluding hydrogens is 362 g/mol. The predicted molar refractivity (Wildman–Crippen MR) is 106 cm³/mol. The van der Waals surface area contributed by atoms with E-state index in [4.69, 9.17) is 11.6 Å². The number of aromatic nitrogens is 1. The highest BCUT2D eigenvalue weighted by Gasteiger charge is 2.30. The molecule has 1 aromatic carbocycles. The minimum Gasteiger partial charge on any atom is -0.345 e. The summed E-state index contributed by atoms with van der Waals surface area (Å²) in [6, 6.07) is 12.7. The average Bonchev–Trinajstić information content (AvgIpc) is 2.72. The van der Waals surface area contributed by atoms with Crippen LogP contribution >= 0.6 is 11.6 Å². The Morgan fingerprint density at radius 3 is 2.70 bits per heavy atom. The topological polar surface area (TPSA) is 53.5 Å². The summed E-state index contributed by atoms with van der Waals surface area (Å²) < 4.78 is 0. The molecule has 5 nitrogen and oxygen atoms in total. The summed E-state index contributed by atoms with van der Waals surface area (Å²) >= 11 is 5.90. The predicted octanol–water partition coefficient (Wildman–Crippen LogP) is 3.29. The average molecular weight is 386 g/mol. The Bertz CT molecular complexity index is 780. The molecule has 3 rings (SSSR count). The Balaban J connectivity index is 1.57. The van der Waals surface area contributed by atoms with E-state index >= 15 is 0 Å². The van der Waals surface area contributed by atoms with Gasteiger partial charge in [-0.2, -0.15) is 0 Å². The largest absolute Gasteiger partial charge is 0.345 e. The summed E-state index contributed by atoms with van der Waals surface area (Å²) in [6.45, 7) is 1.77. The number of hydrogen-bond acceptors (Lipinski definition) is 3. The van der Waals surface area contributed by atoms with Gasteiger partial charge < -0.3 is 9.80 Å². The normalized spacial score (nSPS) is 16.8. The fourth-order valence-corrected chi connectivity index (χ4v) is 3.51. The quantitative estimate of drug-likeness (QED) is 0.793. The first-order valence-corrected chi connectivity index (χ1v) is 9.62. The lowest BCUT2D eigenvalue weighted by molar-refractivity contribution is -0.135. The van der Waals surface area contributed by atoms with Crippen molar-refractivity contribution in [2.75, 3.05) is 26.7 Å². The highest BCUT2D eigenvalue weighted by Crippen LogP contribution is 2.21. The van der Waals surface area contributed by atoms with E-state index < -0.39 is 0 Å². The third kappa shape index (κ3) is 5.07. The zero-order chi connectivity index (χ0) is 19.2. The number of carbonyl (C=O) groups is 2. The number of carbonyl (C=O) groups excluding carboxylic acids is 2. The summed E-state index contributed by atoms with van der Waals surface area (Å²) in [5.74, 6) is -0.0939. The van der Waals surface area contributed by atoms with Crippen molar-refractivity contribution >= 4 is 23.4 Å². The van der Waals surface area contributed by atoms with Crippen LogP contribution in [0.1, 0.15) is 28.9 Å². The van der Waals surface area contributed by atoms with Gasteiger partial charge in [-0.05, 0) is 49.2 Å². The molecule has 6 heteroatoms. The highest BCUT2D eigenvalue weighted by molar-refractivity contribution is 6.30. The minimum absolute atomic E-state index is 0.0414. The van der Waals surface area contributed by atoms with Crippen LogP contribution in [-0.2, 0) is 11.2 Å². The zero-order valence-corrected chi connectivity index (χ0v) is 16.2. The number of hydrogen-bond donors (Lipinski definition) is 0. The molecule has 27 heavy (non-hydrogen) atoms. The summed E-state index contributed by atoms with van der Waals surface area (Å²) in [5.41, 5.74) is 1.58. The number of amides is 2. The molecule has 1 aliphatic heterocycles. The van der Waals surface area contributed by atoms with Gasteiger partial charge >= 0.3 is 0 Å². The summed E-state index contributed by atoms with van der Waals surface area (Å²) in [6.07, 6.45) is 4.14. The number of benzene rings is 1. The number of likely N-dealkylation sites (N-methyl/N-ethyl adjacent to an activating group) is 1. The van der Waals surface area contributed by atoms with Gasteiger partial charge in [0.25, 0.3) is 5.91 Å². The Morgan fingerprint density at radius 1 is 1.22 bits per heavy atom. The maximum Gasteiger partial charge on any atom is 0.253 e. The molecule has 142 valence electrons. The van der Waals surface area contributed by atoms with Crippen LogP contribution in [0.2, 0.25) is 5.02 Å². The first kappa shape index (κ1) is 19.4. The van der Waals surface area contributed by atoms with E-state index in [2.05, 4.69) is 4.98 Å². The van der Waals surface area contributed by atoms with Crippen LogP contribution in [0, 0.1) is 5.92 Å². The Morgan fingerprint density at radius 2 is 2.00 bits per heavy atom. The number of piperidine rings is 1. The summed E-state index contributed by atoms with van der Waals surface area (Å²) in [5, 5.41) is 0.604. The van der Waals surface area contributed by atoms with Crippen LogP contribution in [0.3, 0.4) is 0 Å². The molecule has 0 aliphatic carbocycles. The standard InChI is InChI=1S/C21H24ClN3O2/c1-24(14-11-19-6-2-3-12-23-19)20(26)17-5-4-13-25(15-17)21(27)16-7-9-18(22)10-8-16/h2-3,6-10,12,17H,4-5,11,13-15H2,1H3. The minimum atomic E-state index is -0.149. The second kappa shape index (κ2) is 9.00. The summed E-state index contributed by atoms with van der Waals surface area (Å²) in [4.78, 5) is 33.4. The molecule has 1 saturated heterocycles. The second-order valence-electron chi connectivity index (χ2n) is 6.93. The van der Waals surface area contributed by atoms with Crippen molar-refractivity contribution in [2.24, 2.45) is 5.92 Å². The van der Waals surface area contributed by atoms with Gasteiger partial charge in [-0.25, -0.2) is 0 Å². The van der Waals surface area contributed by atoms with Gasteiger partial charge in [0.05, 0.1) is 5.92 Å². The van der Waals surface area contributed by atoms with E-state index in [0.717, 1.165) is 25.0 Å². The number of likely N-dealkylation sites (tertiary alicyclic amines) is 1. The van der Waals surface area contributed by atoms with Crippen LogP contribution in [0.4, 0.5) is 0 Å². The number of pyridine rings is 1. The third-order valence-electron chi connectivity index (χ3n) is 4.95. The molecule has 2 aromatic rings. The molecule has 1 aliphatic rings. The maximum absolute atomic E-state index is 12.8. The molecule has 0 radical (unpaired) electrons. The molecule has 2 heterocycles. The van der Waals surface area contributed by atoms with Crippen molar-refractivity contribution in [1.82, 2.24) is 14.8 Å². The van der Waals surface area contributed by atoms with Gasteiger partial charge in [-0.3, -0.25) is 14.6 Å². The molecule has 2 amide bonds. The van der Waals surface area contributed by atoms with Crippen LogP contribution in [0.5, 0.6) is 0 Å². The lowest BCUT2D eigenvalue weighted by Gasteiger charge is -2.34. The fraction of sp³-hybridized carbons (Fsp3) is 0.381. The lowest BCUT2D eigenvalue weighted by atomic mass is 9.96. The van der Waals surface area contributed by atoms with Gasteiger partial charge in [0.2, 0.25) is 5.91 Å². The second-order valence-corrected chi connectivity index (χ2v) is 7.36. The SMILES string of the molecule is CN(CCc1ccccn1)C(=O)C1CCCN(C(=O)c2ccc(Cl)cc2)C1. The van der Waals surface area contributed by atoms with Crippen molar-refractivity contribution in [3.63, 3.8) is 0 Å². The highest BCUT2D eigenvalue weighted by atomic mass is 35.5. The molecule has 1 atom stereocenters. The van der Waals surface area contributed by atoms with Gasteiger partial charge in [-0.15, -0.1) is 0 Å². The third-order valence-corrected chi connectivity index (χ3v) is 5.21. The number of nitrogens with zero attached hydrogens (tertiary/aromatic N) is 3. The maximum atomic E-state index is 12.8. The van der Waals surface area contributed by atoms with Crippen molar-refractivity contribution in [3.8, 4) is 0 Å². The van der Waals surface area contributed by atoms with Crippen LogP contribution < -0.4 is 0 Å². The van der Waals surface area contributed by atoms with E-state index in [0.29, 0.717) is 30.2 Å². The first-order valence-electron chi connectivity index (χ1n) is 9.24. The van der Waals surface area contributed by atoms with Crippen molar-refractivity contribution in [2.45, 2.75) is 19.3 Å². The lowest BCUT2D eigenvalue weighted by Crippen LogP contribution is -2.46. The number of rotatable bonds is 5. The van der Waals surface area contributed by atoms with E-state index in [1.165, 1.54) is 0 Å². The summed E-state index contributed by atoms with van der Waals surface area (Å²) in [7, 11) is 1.82. The molecule has 1 fully saturated rings. The van der Waals surface area contributed by atoms with Crippen LogP contribution in [0.25, 0.3) is 0 Å². The fourth-order valence-electron chi connectivity index (χ4n) is 3.39. The molecule has 0 bridgehead atoms. The van der Waals surface area contributed by atoms with Gasteiger partial charge in [0.1, 0.15) is 0 Å². The van der Waals surface area contributed by atoms with E-state index in [1.807, 2.05) is 25.2 Å². The molecule has 0 spiro atoms. The zero-order valence-electron chi connectivity index (χ0n) is 15.5. The Kier molecular flexibility index (Phi) is 6.45. The molecular formula is C21H24ClN3O2. The van der Waals surface area contributed by atoms with Crippen LogP contribution in [0.15, 0.2) is 48.7 Å². The van der Waals surface area contributed by atoms with Crippen molar-refractivity contribution in [1.29, 1.82) is 0 Å². The van der Waals surface area contributed by atoms with Gasteiger partial charge in [0.15, 0.2) is 0 Å². The first-order chi connectivity index (χ1) is 13.0. The molecule has 0 saturated carbocycles. The van der Waals surface area contributed by atoms with Crippen molar-refractivity contribution < 1.29 is 9.59 Å². The van der Waals surface area contributed by atoms with Crippen molar-refractivity contribution in [3.05, 3.63) is 64.9 Å². The smallest absolute Gasteiger partial charge is 0.253 e.